The molecule has 1 N–H and O–H groups in total. The van der Waals surface area contributed by atoms with Crippen LogP contribution in [-0.2, 0) is 0 Å². The number of carboxylic acid groups (broad SMARTS) is 1. The second kappa shape index (κ2) is 6.48. The standard InChI is InChI=1S/C17H25NO3/c1-17(2,3)14-7-8-18(12-14)9-10-21-15-6-4-5-13(11-15)16(19)20/h4-6,11,14H,7-10,12H2,1-3H3,(H,19,20). The molecule has 0 bridgehead atoms. The van der Waals surface area contributed by atoms with E-state index in [2.05, 4.69) is 25.7 Å². The third-order valence-electron chi connectivity index (χ3n) is 4.25. The van der Waals surface area contributed by atoms with Crippen molar-refractivity contribution >= 4 is 5.97 Å². The number of benzene rings is 1. The summed E-state index contributed by atoms with van der Waals surface area (Å²) in [6, 6.07) is 6.66. The van der Waals surface area contributed by atoms with Gasteiger partial charge in [0.2, 0.25) is 0 Å². The molecule has 1 atom stereocenters. The summed E-state index contributed by atoms with van der Waals surface area (Å²) in [6.07, 6.45) is 1.25. The Morgan fingerprint density at radius 3 is 2.81 bits per heavy atom. The maximum absolute atomic E-state index is 10.9. The molecule has 0 aromatic heterocycles. The Morgan fingerprint density at radius 2 is 2.19 bits per heavy atom. The van der Waals surface area contributed by atoms with Gasteiger partial charge in [-0.1, -0.05) is 26.8 Å². The van der Waals surface area contributed by atoms with Crippen LogP contribution in [0, 0.1) is 11.3 Å². The number of likely N-dealkylation sites (tertiary alicyclic amines) is 1. The first-order valence-electron chi connectivity index (χ1n) is 7.55. The minimum absolute atomic E-state index is 0.265. The third-order valence-corrected chi connectivity index (χ3v) is 4.25. The summed E-state index contributed by atoms with van der Waals surface area (Å²) in [7, 11) is 0. The normalized spacial score (nSPS) is 19.7. The van der Waals surface area contributed by atoms with Crippen molar-refractivity contribution < 1.29 is 14.6 Å². The van der Waals surface area contributed by atoms with Gasteiger partial charge in [0.1, 0.15) is 12.4 Å². The van der Waals surface area contributed by atoms with E-state index >= 15 is 0 Å². The minimum atomic E-state index is -0.923. The highest BCUT2D eigenvalue weighted by molar-refractivity contribution is 5.87. The van der Waals surface area contributed by atoms with E-state index in [0.717, 1.165) is 25.6 Å². The number of aromatic carboxylic acids is 1. The van der Waals surface area contributed by atoms with Gasteiger partial charge in [-0.15, -0.1) is 0 Å². The Balaban J connectivity index is 1.78. The van der Waals surface area contributed by atoms with Crippen molar-refractivity contribution in [2.24, 2.45) is 11.3 Å². The second-order valence-corrected chi connectivity index (χ2v) is 6.83. The van der Waals surface area contributed by atoms with Crippen LogP contribution in [0.25, 0.3) is 0 Å². The predicted molar refractivity (Wildman–Crippen MR) is 82.9 cm³/mol. The van der Waals surface area contributed by atoms with Crippen molar-refractivity contribution in [3.05, 3.63) is 29.8 Å². The first-order chi connectivity index (χ1) is 9.86. The molecule has 0 amide bonds. The molecular formula is C17H25NO3. The Bertz CT molecular complexity index is 493. The van der Waals surface area contributed by atoms with Gasteiger partial charge >= 0.3 is 5.97 Å². The molecule has 1 heterocycles. The fourth-order valence-electron chi connectivity index (χ4n) is 2.75. The molecule has 1 unspecified atom stereocenters. The van der Waals surface area contributed by atoms with E-state index in [1.165, 1.54) is 6.42 Å². The highest BCUT2D eigenvalue weighted by Crippen LogP contribution is 2.33. The first kappa shape index (κ1) is 15.8. The predicted octanol–water partition coefficient (Wildman–Crippen LogP) is 3.13. The molecule has 2 rings (SSSR count). The maximum Gasteiger partial charge on any atom is 0.335 e. The SMILES string of the molecule is CC(C)(C)C1CCN(CCOc2cccc(C(=O)O)c2)C1. The summed E-state index contributed by atoms with van der Waals surface area (Å²) >= 11 is 0. The fraction of sp³-hybridized carbons (Fsp3) is 0.588. The lowest BCUT2D eigenvalue weighted by atomic mass is 9.80. The molecule has 1 aliphatic rings. The van der Waals surface area contributed by atoms with Crippen LogP contribution in [0.2, 0.25) is 0 Å². The van der Waals surface area contributed by atoms with Crippen molar-refractivity contribution in [3.8, 4) is 5.75 Å². The van der Waals surface area contributed by atoms with Crippen LogP contribution >= 0.6 is 0 Å². The Kier molecular flexibility index (Phi) is 4.88. The van der Waals surface area contributed by atoms with Crippen LogP contribution in [0.5, 0.6) is 5.75 Å². The van der Waals surface area contributed by atoms with Crippen LogP contribution in [0.4, 0.5) is 0 Å². The molecular weight excluding hydrogens is 266 g/mol. The number of ether oxygens (including phenoxy) is 1. The van der Waals surface area contributed by atoms with E-state index in [9.17, 15) is 4.79 Å². The van der Waals surface area contributed by atoms with E-state index in [1.807, 2.05) is 0 Å². The number of hydrogen-bond donors (Lipinski definition) is 1. The largest absolute Gasteiger partial charge is 0.492 e. The Morgan fingerprint density at radius 1 is 1.43 bits per heavy atom. The average molecular weight is 291 g/mol. The monoisotopic (exact) mass is 291 g/mol. The van der Waals surface area contributed by atoms with Crippen molar-refractivity contribution in [2.45, 2.75) is 27.2 Å². The van der Waals surface area contributed by atoms with E-state index in [0.29, 0.717) is 17.8 Å². The lowest BCUT2D eigenvalue weighted by Gasteiger charge is -2.27. The minimum Gasteiger partial charge on any atom is -0.492 e. The van der Waals surface area contributed by atoms with Crippen LogP contribution in [0.15, 0.2) is 24.3 Å². The van der Waals surface area contributed by atoms with Crippen molar-refractivity contribution in [1.29, 1.82) is 0 Å². The fourth-order valence-corrected chi connectivity index (χ4v) is 2.75. The molecule has 0 radical (unpaired) electrons. The molecule has 1 aromatic rings. The quantitative estimate of drug-likeness (QED) is 0.905. The van der Waals surface area contributed by atoms with Gasteiger partial charge in [0, 0.05) is 13.1 Å². The number of nitrogens with zero attached hydrogens (tertiary/aromatic N) is 1. The second-order valence-electron chi connectivity index (χ2n) is 6.83. The zero-order valence-corrected chi connectivity index (χ0v) is 13.1. The van der Waals surface area contributed by atoms with Gasteiger partial charge in [0.25, 0.3) is 0 Å². The number of rotatable bonds is 5. The first-order valence-corrected chi connectivity index (χ1v) is 7.55. The topological polar surface area (TPSA) is 49.8 Å². The summed E-state index contributed by atoms with van der Waals surface area (Å²) in [5, 5.41) is 8.95. The third kappa shape index (κ3) is 4.46. The van der Waals surface area contributed by atoms with Gasteiger partial charge in [-0.3, -0.25) is 4.90 Å². The summed E-state index contributed by atoms with van der Waals surface area (Å²) in [5.41, 5.74) is 0.632. The molecule has 4 nitrogen and oxygen atoms in total. The van der Waals surface area contributed by atoms with E-state index in [4.69, 9.17) is 9.84 Å². The van der Waals surface area contributed by atoms with Gasteiger partial charge in [0.05, 0.1) is 5.56 Å². The molecule has 1 fully saturated rings. The zero-order chi connectivity index (χ0) is 15.5. The van der Waals surface area contributed by atoms with Gasteiger partial charge in [0.15, 0.2) is 0 Å². The molecule has 1 aliphatic heterocycles. The lowest BCUT2D eigenvalue weighted by molar-refractivity contribution is 0.0696. The van der Waals surface area contributed by atoms with E-state index in [1.54, 1.807) is 24.3 Å². The summed E-state index contributed by atoms with van der Waals surface area (Å²) in [6.45, 7) is 10.6. The number of carboxylic acids is 1. The number of carbonyl (C=O) groups is 1. The highest BCUT2D eigenvalue weighted by Gasteiger charge is 2.31. The van der Waals surface area contributed by atoms with Crippen LogP contribution in [0.3, 0.4) is 0 Å². The smallest absolute Gasteiger partial charge is 0.335 e. The van der Waals surface area contributed by atoms with Crippen LogP contribution < -0.4 is 4.74 Å². The molecule has 1 aromatic carbocycles. The molecule has 116 valence electrons. The van der Waals surface area contributed by atoms with Crippen molar-refractivity contribution in [2.75, 3.05) is 26.2 Å². The summed E-state index contributed by atoms with van der Waals surface area (Å²) < 4.78 is 5.67. The molecule has 1 saturated heterocycles. The maximum atomic E-state index is 10.9. The van der Waals surface area contributed by atoms with Gasteiger partial charge in [-0.25, -0.2) is 4.79 Å². The van der Waals surface area contributed by atoms with Crippen molar-refractivity contribution in [1.82, 2.24) is 4.90 Å². The van der Waals surface area contributed by atoms with Crippen molar-refractivity contribution in [3.63, 3.8) is 0 Å². The lowest BCUT2D eigenvalue weighted by Crippen LogP contribution is -2.29. The van der Waals surface area contributed by atoms with Crippen LogP contribution in [0.1, 0.15) is 37.6 Å². The molecule has 0 saturated carbocycles. The van der Waals surface area contributed by atoms with Crippen LogP contribution in [-0.4, -0.2) is 42.2 Å². The van der Waals surface area contributed by atoms with E-state index < -0.39 is 5.97 Å². The van der Waals surface area contributed by atoms with Gasteiger partial charge in [-0.05, 0) is 42.5 Å². The molecule has 0 spiro atoms. The number of hydrogen-bond acceptors (Lipinski definition) is 3. The highest BCUT2D eigenvalue weighted by atomic mass is 16.5. The summed E-state index contributed by atoms with van der Waals surface area (Å²) in [5.74, 6) is 0.447. The molecule has 21 heavy (non-hydrogen) atoms. The average Bonchev–Trinajstić information content (AvgIpc) is 2.88. The zero-order valence-electron chi connectivity index (χ0n) is 13.1. The van der Waals surface area contributed by atoms with Gasteiger partial charge in [-0.2, -0.15) is 0 Å². The molecule has 0 aliphatic carbocycles. The Hall–Kier alpha value is -1.55. The Labute approximate surface area is 126 Å². The van der Waals surface area contributed by atoms with Gasteiger partial charge < -0.3 is 9.84 Å². The summed E-state index contributed by atoms with van der Waals surface area (Å²) in [4.78, 5) is 13.3. The van der Waals surface area contributed by atoms with E-state index in [-0.39, 0.29) is 5.56 Å². The molecule has 4 heteroatoms.